The van der Waals surface area contributed by atoms with Gasteiger partial charge in [0.25, 0.3) is 0 Å². The summed E-state index contributed by atoms with van der Waals surface area (Å²) in [6.45, 7) is 15.7. The summed E-state index contributed by atoms with van der Waals surface area (Å²) in [7, 11) is 0. The molecule has 1 aliphatic carbocycles. The number of hydrogen-bond donors (Lipinski definition) is 0. The Morgan fingerprint density at radius 3 is 2.56 bits per heavy atom. The smallest absolute Gasteiger partial charge is 0.111 e. The van der Waals surface area contributed by atoms with E-state index in [0.29, 0.717) is 11.8 Å². The van der Waals surface area contributed by atoms with E-state index >= 15 is 0 Å². The van der Waals surface area contributed by atoms with E-state index in [9.17, 15) is 4.39 Å². The molecule has 90 valence electrons. The second kappa shape index (κ2) is 4.99. The molecule has 0 aromatic carbocycles. The van der Waals surface area contributed by atoms with Gasteiger partial charge in [0.1, 0.15) is 6.67 Å². The Bertz CT molecular complexity index is 303. The minimum atomic E-state index is -0.390. The number of hydrogen-bond acceptors (Lipinski definition) is 0. The zero-order valence-corrected chi connectivity index (χ0v) is 10.6. The van der Waals surface area contributed by atoms with Gasteiger partial charge in [0.2, 0.25) is 0 Å². The Labute approximate surface area is 98.9 Å². The van der Waals surface area contributed by atoms with Gasteiger partial charge in [-0.3, -0.25) is 0 Å². The van der Waals surface area contributed by atoms with Crippen LogP contribution in [-0.2, 0) is 0 Å². The highest BCUT2D eigenvalue weighted by atomic mass is 19.1. The fourth-order valence-electron chi connectivity index (χ4n) is 2.82. The van der Waals surface area contributed by atoms with Crippen LogP contribution in [0.5, 0.6) is 0 Å². The van der Waals surface area contributed by atoms with Crippen LogP contribution in [0.1, 0.15) is 33.1 Å². The van der Waals surface area contributed by atoms with E-state index in [1.807, 2.05) is 6.08 Å². The van der Waals surface area contributed by atoms with E-state index in [-0.39, 0.29) is 5.41 Å². The lowest BCUT2D eigenvalue weighted by Gasteiger charge is -2.43. The van der Waals surface area contributed by atoms with Crippen molar-refractivity contribution in [2.75, 3.05) is 6.67 Å². The number of alkyl halides is 1. The molecule has 0 radical (unpaired) electrons. The summed E-state index contributed by atoms with van der Waals surface area (Å²) in [6.07, 6.45) is 5.09. The number of rotatable bonds is 4. The van der Waals surface area contributed by atoms with Crippen LogP contribution in [0.4, 0.5) is 4.39 Å². The lowest BCUT2D eigenvalue weighted by Crippen LogP contribution is -2.34. The summed E-state index contributed by atoms with van der Waals surface area (Å²) < 4.78 is 12.6. The molecule has 1 aliphatic rings. The van der Waals surface area contributed by atoms with E-state index in [2.05, 4.69) is 33.6 Å². The second-order valence-electron chi connectivity index (χ2n) is 5.37. The molecule has 1 heteroatoms. The van der Waals surface area contributed by atoms with Crippen LogP contribution in [-0.4, -0.2) is 6.67 Å². The Balaban J connectivity index is 2.85. The van der Waals surface area contributed by atoms with Gasteiger partial charge in [-0.05, 0) is 49.0 Å². The van der Waals surface area contributed by atoms with Crippen LogP contribution in [0.3, 0.4) is 0 Å². The van der Waals surface area contributed by atoms with Gasteiger partial charge < -0.3 is 0 Å². The summed E-state index contributed by atoms with van der Waals surface area (Å²) >= 11 is 0. The predicted octanol–water partition coefficient (Wildman–Crippen LogP) is 4.70. The van der Waals surface area contributed by atoms with Gasteiger partial charge >= 0.3 is 0 Å². The molecule has 1 rings (SSSR count). The average Bonchev–Trinajstić information content (AvgIpc) is 2.28. The van der Waals surface area contributed by atoms with E-state index in [1.54, 1.807) is 0 Å². The summed E-state index contributed by atoms with van der Waals surface area (Å²) in [5.74, 6) is 0.728. The van der Waals surface area contributed by atoms with Crippen molar-refractivity contribution in [3.05, 3.63) is 37.0 Å². The largest absolute Gasteiger partial charge is 0.246 e. The molecule has 3 atom stereocenters. The fourth-order valence-corrected chi connectivity index (χ4v) is 2.82. The zero-order chi connectivity index (χ0) is 12.3. The first-order valence-corrected chi connectivity index (χ1v) is 5.97. The fraction of sp³-hybridized carbons (Fsp3) is 0.600. The first kappa shape index (κ1) is 13.2. The lowest BCUT2D eigenvalue weighted by atomic mass is 9.61. The van der Waals surface area contributed by atoms with Crippen molar-refractivity contribution in [3.8, 4) is 0 Å². The summed E-state index contributed by atoms with van der Waals surface area (Å²) in [5.41, 5.74) is 2.05. The number of allylic oxidation sites excluding steroid dienone is 3. The normalized spacial score (nSPS) is 34.4. The first-order valence-electron chi connectivity index (χ1n) is 5.97. The molecule has 1 saturated carbocycles. The van der Waals surface area contributed by atoms with Crippen molar-refractivity contribution < 1.29 is 4.39 Å². The van der Waals surface area contributed by atoms with E-state index in [4.69, 9.17) is 0 Å². The maximum atomic E-state index is 12.6. The average molecular weight is 222 g/mol. The zero-order valence-electron chi connectivity index (χ0n) is 10.6. The Kier molecular flexibility index (Phi) is 4.12. The van der Waals surface area contributed by atoms with Crippen LogP contribution in [0.25, 0.3) is 0 Å². The van der Waals surface area contributed by atoms with Gasteiger partial charge in [-0.2, -0.15) is 0 Å². The lowest BCUT2D eigenvalue weighted by molar-refractivity contribution is 0.166. The van der Waals surface area contributed by atoms with Gasteiger partial charge in [-0.25, -0.2) is 4.39 Å². The van der Waals surface area contributed by atoms with Gasteiger partial charge in [0.15, 0.2) is 0 Å². The van der Waals surface area contributed by atoms with Crippen LogP contribution >= 0.6 is 0 Å². The molecule has 0 N–H and O–H groups in total. The highest BCUT2D eigenvalue weighted by Gasteiger charge is 2.38. The molecule has 0 bridgehead atoms. The summed E-state index contributed by atoms with van der Waals surface area (Å²) in [6, 6.07) is 0. The third-order valence-corrected chi connectivity index (χ3v) is 4.16. The molecular formula is C15H23F. The Morgan fingerprint density at radius 2 is 2.12 bits per heavy atom. The summed E-state index contributed by atoms with van der Waals surface area (Å²) in [4.78, 5) is 0. The topological polar surface area (TPSA) is 0 Å². The van der Waals surface area contributed by atoms with E-state index in [0.717, 1.165) is 24.8 Å². The Hall–Kier alpha value is -0.850. The molecular weight excluding hydrogens is 199 g/mol. The van der Waals surface area contributed by atoms with Crippen molar-refractivity contribution in [2.45, 2.75) is 33.1 Å². The maximum absolute atomic E-state index is 12.6. The minimum absolute atomic E-state index is 0.124. The second-order valence-corrected chi connectivity index (χ2v) is 5.37. The Morgan fingerprint density at radius 1 is 1.50 bits per heavy atom. The minimum Gasteiger partial charge on any atom is -0.246 e. The first-order chi connectivity index (χ1) is 7.44. The molecule has 0 heterocycles. The third kappa shape index (κ3) is 2.45. The van der Waals surface area contributed by atoms with Crippen LogP contribution in [0.15, 0.2) is 37.0 Å². The highest BCUT2D eigenvalue weighted by Crippen LogP contribution is 2.48. The van der Waals surface area contributed by atoms with Gasteiger partial charge in [-0.15, -0.1) is 6.58 Å². The maximum Gasteiger partial charge on any atom is 0.111 e. The molecule has 0 nitrogen and oxygen atoms in total. The van der Waals surface area contributed by atoms with Crippen molar-refractivity contribution >= 4 is 0 Å². The van der Waals surface area contributed by atoms with E-state index in [1.165, 1.54) is 5.57 Å². The van der Waals surface area contributed by atoms with Crippen LogP contribution in [0.2, 0.25) is 0 Å². The third-order valence-electron chi connectivity index (χ3n) is 4.16. The molecule has 0 aromatic heterocycles. The molecule has 0 amide bonds. The van der Waals surface area contributed by atoms with Crippen molar-refractivity contribution in [1.29, 1.82) is 0 Å². The summed E-state index contributed by atoms with van der Waals surface area (Å²) in [5, 5.41) is 0. The number of halogens is 1. The highest BCUT2D eigenvalue weighted by molar-refractivity contribution is 5.15. The van der Waals surface area contributed by atoms with E-state index < -0.39 is 6.67 Å². The van der Waals surface area contributed by atoms with Gasteiger partial charge in [-0.1, -0.05) is 31.7 Å². The van der Waals surface area contributed by atoms with Crippen LogP contribution < -0.4 is 0 Å². The van der Waals surface area contributed by atoms with Crippen molar-refractivity contribution in [1.82, 2.24) is 0 Å². The quantitative estimate of drug-likeness (QED) is 0.605. The SMILES string of the molecule is C=C[C@]1(C)CC[C@@H](C(=C)CF)C[C@H]1C(=C)C. The molecule has 0 aromatic rings. The molecule has 1 fully saturated rings. The van der Waals surface area contributed by atoms with Gasteiger partial charge in [0.05, 0.1) is 0 Å². The molecule has 0 saturated heterocycles. The van der Waals surface area contributed by atoms with Gasteiger partial charge in [0, 0.05) is 0 Å². The molecule has 0 spiro atoms. The molecule has 0 unspecified atom stereocenters. The predicted molar refractivity (Wildman–Crippen MR) is 69.1 cm³/mol. The monoisotopic (exact) mass is 222 g/mol. The molecule has 0 aliphatic heterocycles. The van der Waals surface area contributed by atoms with Crippen molar-refractivity contribution in [3.63, 3.8) is 0 Å². The molecule has 16 heavy (non-hydrogen) atoms. The van der Waals surface area contributed by atoms with Crippen molar-refractivity contribution in [2.24, 2.45) is 17.3 Å². The van der Waals surface area contributed by atoms with Crippen LogP contribution in [0, 0.1) is 17.3 Å². The standard InChI is InChI=1S/C15H23F/c1-6-15(5)8-7-13(12(4)10-16)9-14(15)11(2)3/h6,13-14H,1-2,4,7-10H2,3,5H3/t13-,14+,15-/m1/s1.